The lowest BCUT2D eigenvalue weighted by Crippen LogP contribution is -2.17. The average molecular weight is 524 g/mol. The number of alkyl halides is 6. The molecule has 2 N–H and O–H groups in total. The van der Waals surface area contributed by atoms with Crippen LogP contribution in [0.1, 0.15) is 39.3 Å². The van der Waals surface area contributed by atoms with Crippen LogP contribution in [-0.4, -0.2) is 43.7 Å². The number of carboxylic acid groups (broad SMARTS) is 2. The first-order valence-electron chi connectivity index (χ1n) is 7.44. The molecule has 156 valence electrons. The lowest BCUT2D eigenvalue weighted by atomic mass is 10.0. The Hall–Kier alpha value is -1.29. The van der Waals surface area contributed by atoms with Gasteiger partial charge in [-0.3, -0.25) is 0 Å². The Morgan fingerprint density at radius 2 is 1.45 bits per heavy atom. The number of carbonyl (C=O) groups is 2. The van der Waals surface area contributed by atoms with Gasteiger partial charge < -0.3 is 14.9 Å². The number of nitrogens with zero attached hydrogens (tertiary/aromatic N) is 3. The SMILES string of the molecule is CCOc1c(C(=O)O)cc(C(=O)O)cc1-c1nc(C(Cl)(Cl)Cl)nc(C(Cl)(Cl)Cl)n1. The van der Waals surface area contributed by atoms with Gasteiger partial charge in [0.25, 0.3) is 0 Å². The van der Waals surface area contributed by atoms with Crippen molar-refractivity contribution in [1.82, 2.24) is 15.0 Å². The molecule has 0 unspecified atom stereocenters. The van der Waals surface area contributed by atoms with E-state index in [0.717, 1.165) is 12.1 Å². The number of aromatic nitrogens is 3. The highest BCUT2D eigenvalue weighted by Crippen LogP contribution is 2.42. The standard InChI is InChI=1S/C15H9Cl6N3O5/c1-2-29-8-6(3-5(10(25)26)4-7(8)11(27)28)9-22-12(14(16,17)18)24-13(23-9)15(19,20)21/h3-4H,2H2,1H3,(H,25,26)(H,27,28). The van der Waals surface area contributed by atoms with Crippen LogP contribution in [0.2, 0.25) is 0 Å². The molecular formula is C15H9Cl6N3O5. The Morgan fingerprint density at radius 3 is 1.83 bits per heavy atom. The van der Waals surface area contributed by atoms with Crippen LogP contribution in [0.5, 0.6) is 5.75 Å². The van der Waals surface area contributed by atoms with Gasteiger partial charge in [0.15, 0.2) is 17.5 Å². The highest BCUT2D eigenvalue weighted by atomic mass is 35.6. The molecular weight excluding hydrogens is 515 g/mol. The molecule has 1 heterocycles. The Bertz CT molecular complexity index is 942. The number of hydrogen-bond donors (Lipinski definition) is 2. The van der Waals surface area contributed by atoms with Crippen LogP contribution in [0.15, 0.2) is 12.1 Å². The summed E-state index contributed by atoms with van der Waals surface area (Å²) in [6.45, 7) is 1.63. The first-order valence-corrected chi connectivity index (χ1v) is 9.70. The van der Waals surface area contributed by atoms with Gasteiger partial charge in [-0.05, 0) is 19.1 Å². The first kappa shape index (κ1) is 24.0. The maximum absolute atomic E-state index is 11.7. The Morgan fingerprint density at radius 1 is 0.931 bits per heavy atom. The van der Waals surface area contributed by atoms with E-state index in [1.54, 1.807) is 6.92 Å². The van der Waals surface area contributed by atoms with E-state index in [1.807, 2.05) is 0 Å². The molecule has 2 rings (SSSR count). The van der Waals surface area contributed by atoms with Crippen molar-refractivity contribution in [3.8, 4) is 17.1 Å². The van der Waals surface area contributed by atoms with Gasteiger partial charge in [0, 0.05) is 0 Å². The monoisotopic (exact) mass is 521 g/mol. The fourth-order valence-corrected chi connectivity index (χ4v) is 2.63. The Balaban J connectivity index is 2.94. The fourth-order valence-electron chi connectivity index (χ4n) is 2.13. The number of aromatic carboxylic acids is 2. The van der Waals surface area contributed by atoms with Crippen molar-refractivity contribution in [3.05, 3.63) is 34.9 Å². The third-order valence-electron chi connectivity index (χ3n) is 3.24. The molecule has 14 heteroatoms. The predicted octanol–water partition coefficient (Wildman–Crippen LogP) is 4.99. The van der Waals surface area contributed by atoms with E-state index in [9.17, 15) is 19.8 Å². The molecule has 8 nitrogen and oxygen atoms in total. The van der Waals surface area contributed by atoms with Gasteiger partial charge in [-0.2, -0.15) is 0 Å². The van der Waals surface area contributed by atoms with E-state index >= 15 is 0 Å². The number of carboxylic acids is 2. The Labute approximate surface area is 193 Å². The second-order valence-electron chi connectivity index (χ2n) is 5.25. The van der Waals surface area contributed by atoms with Gasteiger partial charge in [-0.25, -0.2) is 24.5 Å². The smallest absolute Gasteiger partial charge is 0.339 e. The summed E-state index contributed by atoms with van der Waals surface area (Å²) in [6.07, 6.45) is 0. The second-order valence-corrected chi connectivity index (χ2v) is 9.81. The molecule has 0 spiro atoms. The van der Waals surface area contributed by atoms with Crippen LogP contribution < -0.4 is 4.74 Å². The Kier molecular flexibility index (Phi) is 7.30. The summed E-state index contributed by atoms with van der Waals surface area (Å²) in [7, 11) is 0. The molecule has 0 aliphatic heterocycles. The molecule has 0 atom stereocenters. The van der Waals surface area contributed by atoms with E-state index in [4.69, 9.17) is 74.3 Å². The van der Waals surface area contributed by atoms with Crippen LogP contribution in [0.25, 0.3) is 11.4 Å². The van der Waals surface area contributed by atoms with E-state index < -0.39 is 36.7 Å². The zero-order valence-electron chi connectivity index (χ0n) is 14.1. The summed E-state index contributed by atoms with van der Waals surface area (Å²) in [5, 5.41) is 18.8. The quantitative estimate of drug-likeness (QED) is 0.526. The molecule has 0 amide bonds. The van der Waals surface area contributed by atoms with Gasteiger partial charge >= 0.3 is 11.9 Å². The summed E-state index contributed by atoms with van der Waals surface area (Å²) < 4.78 is 1.08. The maximum Gasteiger partial charge on any atom is 0.339 e. The lowest BCUT2D eigenvalue weighted by Gasteiger charge is -2.18. The molecule has 0 saturated carbocycles. The number of ether oxygens (including phenoxy) is 1. The largest absolute Gasteiger partial charge is 0.492 e. The molecule has 0 aliphatic rings. The van der Waals surface area contributed by atoms with Crippen molar-refractivity contribution in [2.75, 3.05) is 6.61 Å². The van der Waals surface area contributed by atoms with E-state index in [-0.39, 0.29) is 29.3 Å². The summed E-state index contributed by atoms with van der Waals surface area (Å²) in [5.74, 6) is -4.27. The molecule has 2 aromatic rings. The van der Waals surface area contributed by atoms with Crippen LogP contribution in [0.3, 0.4) is 0 Å². The molecule has 0 radical (unpaired) electrons. The van der Waals surface area contributed by atoms with Gasteiger partial charge in [0.05, 0.1) is 17.7 Å². The van der Waals surface area contributed by atoms with Crippen LogP contribution in [0.4, 0.5) is 0 Å². The lowest BCUT2D eigenvalue weighted by molar-refractivity contribution is 0.0692. The molecule has 1 aromatic carbocycles. The van der Waals surface area contributed by atoms with Crippen LogP contribution in [0, 0.1) is 0 Å². The van der Waals surface area contributed by atoms with Gasteiger partial charge in [0.2, 0.25) is 7.59 Å². The number of halogens is 6. The van der Waals surface area contributed by atoms with Crippen molar-refractivity contribution in [1.29, 1.82) is 0 Å². The topological polar surface area (TPSA) is 122 Å². The number of hydrogen-bond acceptors (Lipinski definition) is 6. The number of rotatable bonds is 5. The minimum absolute atomic E-state index is 0.0411. The molecule has 0 bridgehead atoms. The highest BCUT2D eigenvalue weighted by molar-refractivity contribution is 6.67. The van der Waals surface area contributed by atoms with Crippen molar-refractivity contribution >= 4 is 81.5 Å². The second kappa shape index (κ2) is 8.83. The highest BCUT2D eigenvalue weighted by Gasteiger charge is 2.35. The van der Waals surface area contributed by atoms with Crippen molar-refractivity contribution in [2.45, 2.75) is 14.5 Å². The van der Waals surface area contributed by atoms with Crippen LogP contribution >= 0.6 is 69.6 Å². The minimum Gasteiger partial charge on any atom is -0.492 e. The van der Waals surface area contributed by atoms with Gasteiger partial charge in [0.1, 0.15) is 11.3 Å². The molecule has 29 heavy (non-hydrogen) atoms. The zero-order valence-corrected chi connectivity index (χ0v) is 18.6. The van der Waals surface area contributed by atoms with Gasteiger partial charge in [-0.15, -0.1) is 0 Å². The normalized spacial score (nSPS) is 12.0. The van der Waals surface area contributed by atoms with E-state index in [2.05, 4.69) is 15.0 Å². The molecule has 1 aromatic heterocycles. The molecule has 0 fully saturated rings. The molecule has 0 aliphatic carbocycles. The summed E-state index contributed by atoms with van der Waals surface area (Å²) in [5.41, 5.74) is -0.974. The third-order valence-corrected chi connectivity index (χ3v) is 4.25. The fraction of sp³-hybridized carbons (Fsp3) is 0.267. The van der Waals surface area contributed by atoms with Gasteiger partial charge in [-0.1, -0.05) is 69.6 Å². The van der Waals surface area contributed by atoms with Crippen molar-refractivity contribution in [2.24, 2.45) is 0 Å². The number of benzene rings is 1. The van der Waals surface area contributed by atoms with Crippen LogP contribution in [-0.2, 0) is 7.59 Å². The van der Waals surface area contributed by atoms with Crippen molar-refractivity contribution in [3.63, 3.8) is 0 Å². The summed E-state index contributed by atoms with van der Waals surface area (Å²) >= 11 is 35.0. The minimum atomic E-state index is -2.16. The zero-order chi connectivity index (χ0) is 22.1. The molecule has 0 saturated heterocycles. The van der Waals surface area contributed by atoms with E-state index in [0.29, 0.717) is 0 Å². The van der Waals surface area contributed by atoms with E-state index in [1.165, 1.54) is 0 Å². The first-order chi connectivity index (χ1) is 13.3. The average Bonchev–Trinajstić information content (AvgIpc) is 2.59. The third kappa shape index (κ3) is 5.65. The summed E-state index contributed by atoms with van der Waals surface area (Å²) in [4.78, 5) is 34.9. The van der Waals surface area contributed by atoms with Crippen molar-refractivity contribution < 1.29 is 24.5 Å². The maximum atomic E-state index is 11.7. The summed E-state index contributed by atoms with van der Waals surface area (Å²) in [6, 6.07) is 2.01. The predicted molar refractivity (Wildman–Crippen MR) is 109 cm³/mol.